The molecule has 1 N–H and O–H groups in total. The van der Waals surface area contributed by atoms with E-state index in [4.69, 9.17) is 16.3 Å². The van der Waals surface area contributed by atoms with Gasteiger partial charge in [-0.3, -0.25) is 4.79 Å². The number of hydrogen-bond donors (Lipinski definition) is 1. The molecule has 4 aromatic rings. The number of ketones is 1. The molecule has 0 saturated heterocycles. The van der Waals surface area contributed by atoms with Crippen LogP contribution in [-0.2, 0) is 11.4 Å². The Hall–Kier alpha value is -3.63. The molecule has 0 amide bonds. The Morgan fingerprint density at radius 3 is 2.65 bits per heavy atom. The number of allylic oxidation sites excluding steroid dienone is 1. The summed E-state index contributed by atoms with van der Waals surface area (Å²) in [6.07, 6.45) is 1.33. The minimum absolute atomic E-state index is 0.0168. The maximum Gasteiger partial charge on any atom is 0.162 e. The lowest BCUT2D eigenvalue weighted by molar-refractivity contribution is -0.118. The fraction of sp³-hybridized carbons (Fsp3) is 0.219. The van der Waals surface area contributed by atoms with E-state index in [9.17, 15) is 9.18 Å². The van der Waals surface area contributed by atoms with Gasteiger partial charge in [-0.1, -0.05) is 74.0 Å². The SMILES string of the molecule is CC1(C)CC(=O)C2=C(C1)c1c(ccc3ccccc13)N[C@@H]2c1cccc(OCc2c(F)cccc2Cl)c1. The van der Waals surface area contributed by atoms with Crippen LogP contribution < -0.4 is 10.1 Å². The minimum atomic E-state index is -0.397. The molecular weight excluding hydrogens is 485 g/mol. The van der Waals surface area contributed by atoms with Crippen molar-refractivity contribution in [2.24, 2.45) is 5.41 Å². The van der Waals surface area contributed by atoms with Gasteiger partial charge in [0.05, 0.1) is 11.1 Å². The van der Waals surface area contributed by atoms with Crippen LogP contribution in [0.5, 0.6) is 5.75 Å². The molecule has 5 heteroatoms. The van der Waals surface area contributed by atoms with Crippen LogP contribution in [0.1, 0.15) is 49.4 Å². The first-order valence-electron chi connectivity index (χ1n) is 12.5. The molecule has 1 atom stereocenters. The zero-order chi connectivity index (χ0) is 25.7. The van der Waals surface area contributed by atoms with Gasteiger partial charge in [0, 0.05) is 28.8 Å². The second kappa shape index (κ2) is 9.04. The van der Waals surface area contributed by atoms with Crippen LogP contribution >= 0.6 is 11.6 Å². The molecule has 0 aromatic heterocycles. The Labute approximate surface area is 220 Å². The fourth-order valence-corrected chi connectivity index (χ4v) is 5.91. The number of carbonyl (C=O) groups is 1. The van der Waals surface area contributed by atoms with Crippen molar-refractivity contribution < 1.29 is 13.9 Å². The Morgan fingerprint density at radius 2 is 1.81 bits per heavy atom. The van der Waals surface area contributed by atoms with Crippen LogP contribution in [0.4, 0.5) is 10.1 Å². The van der Waals surface area contributed by atoms with Gasteiger partial charge in [0.15, 0.2) is 5.78 Å². The van der Waals surface area contributed by atoms with Gasteiger partial charge in [0.1, 0.15) is 18.2 Å². The monoisotopic (exact) mass is 511 g/mol. The molecular formula is C32H27ClFNO2. The fourth-order valence-electron chi connectivity index (χ4n) is 5.70. The minimum Gasteiger partial charge on any atom is -0.489 e. The van der Waals surface area contributed by atoms with Crippen molar-refractivity contribution in [2.75, 3.05) is 5.32 Å². The summed E-state index contributed by atoms with van der Waals surface area (Å²) in [4.78, 5) is 13.7. The maximum atomic E-state index is 14.2. The van der Waals surface area contributed by atoms with Crippen molar-refractivity contribution in [1.29, 1.82) is 0 Å². The predicted molar refractivity (Wildman–Crippen MR) is 147 cm³/mol. The second-order valence-corrected chi connectivity index (χ2v) is 11.1. The lowest BCUT2D eigenvalue weighted by Gasteiger charge is -2.40. The normalized spacial score (nSPS) is 18.3. The first-order chi connectivity index (χ1) is 17.8. The van der Waals surface area contributed by atoms with Gasteiger partial charge in [0.2, 0.25) is 0 Å². The molecule has 0 unspecified atom stereocenters. The Bertz CT molecular complexity index is 1570. The van der Waals surface area contributed by atoms with Crippen LogP contribution in [0.3, 0.4) is 0 Å². The first kappa shape index (κ1) is 23.7. The average Bonchev–Trinajstić information content (AvgIpc) is 2.87. The number of ether oxygens (including phenoxy) is 1. The lowest BCUT2D eigenvalue weighted by atomic mass is 9.68. The molecule has 0 bridgehead atoms. The van der Waals surface area contributed by atoms with Crippen LogP contribution in [0.2, 0.25) is 5.02 Å². The standard InChI is InChI=1S/C32H27ClFNO2/c1-32(2)16-23-29-22-10-4-3-7-19(22)13-14-27(29)35-31(30(23)28(36)17-32)20-8-5-9-21(15-20)37-18-24-25(33)11-6-12-26(24)34/h3-15,31,35H,16-18H2,1-2H3/t31-/m1/s1. The molecule has 4 aromatic carbocycles. The molecule has 0 radical (unpaired) electrons. The maximum absolute atomic E-state index is 14.2. The molecule has 3 nitrogen and oxygen atoms in total. The van der Waals surface area contributed by atoms with E-state index in [1.165, 1.54) is 6.07 Å². The zero-order valence-corrected chi connectivity index (χ0v) is 21.5. The summed E-state index contributed by atoms with van der Waals surface area (Å²) in [5, 5.41) is 6.31. The van der Waals surface area contributed by atoms with Gasteiger partial charge in [-0.25, -0.2) is 4.39 Å². The van der Waals surface area contributed by atoms with E-state index in [0.29, 0.717) is 22.8 Å². The molecule has 6 rings (SSSR count). The highest BCUT2D eigenvalue weighted by atomic mass is 35.5. The quantitative estimate of drug-likeness (QED) is 0.298. The summed E-state index contributed by atoms with van der Waals surface area (Å²) in [5.41, 5.74) is 5.25. The number of carbonyl (C=O) groups excluding carboxylic acids is 1. The number of nitrogens with one attached hydrogen (secondary N) is 1. The van der Waals surface area contributed by atoms with Gasteiger partial charge in [-0.2, -0.15) is 0 Å². The van der Waals surface area contributed by atoms with Gasteiger partial charge >= 0.3 is 0 Å². The van der Waals surface area contributed by atoms with Crippen molar-refractivity contribution in [1.82, 2.24) is 0 Å². The third-order valence-corrected chi connectivity index (χ3v) is 7.73. The third kappa shape index (κ3) is 4.30. The number of hydrogen-bond acceptors (Lipinski definition) is 3. The summed E-state index contributed by atoms with van der Waals surface area (Å²) < 4.78 is 20.2. The molecule has 0 fully saturated rings. The first-order valence-corrected chi connectivity index (χ1v) is 12.9. The van der Waals surface area contributed by atoms with E-state index in [1.54, 1.807) is 12.1 Å². The molecule has 1 aliphatic carbocycles. The molecule has 1 aliphatic heterocycles. The van der Waals surface area contributed by atoms with Crippen LogP contribution in [0.15, 0.2) is 84.4 Å². The number of fused-ring (bicyclic) bond motifs is 4. The second-order valence-electron chi connectivity index (χ2n) is 10.7. The van der Waals surface area contributed by atoms with E-state index in [-0.39, 0.29) is 23.8 Å². The van der Waals surface area contributed by atoms with E-state index in [0.717, 1.165) is 45.2 Å². The summed E-state index contributed by atoms with van der Waals surface area (Å²) in [6, 6.07) is 24.5. The van der Waals surface area contributed by atoms with Crippen LogP contribution in [0.25, 0.3) is 16.3 Å². The average molecular weight is 512 g/mol. The number of rotatable bonds is 4. The number of Topliss-reactive ketones (excluding diaryl/α,β-unsaturated/α-hetero) is 1. The Kier molecular flexibility index (Phi) is 5.80. The summed E-state index contributed by atoms with van der Waals surface area (Å²) in [5.74, 6) is 0.368. The molecule has 1 heterocycles. The van der Waals surface area contributed by atoms with E-state index in [2.05, 4.69) is 43.4 Å². The number of halogens is 2. The highest BCUT2D eigenvalue weighted by Crippen LogP contribution is 2.52. The van der Waals surface area contributed by atoms with Gasteiger partial charge in [-0.05, 0) is 64.1 Å². The summed E-state index contributed by atoms with van der Waals surface area (Å²) in [7, 11) is 0. The summed E-state index contributed by atoms with van der Waals surface area (Å²) >= 11 is 6.18. The van der Waals surface area contributed by atoms with E-state index in [1.807, 2.05) is 36.4 Å². The smallest absolute Gasteiger partial charge is 0.162 e. The number of benzene rings is 4. The predicted octanol–water partition coefficient (Wildman–Crippen LogP) is 8.52. The van der Waals surface area contributed by atoms with Crippen LogP contribution in [-0.4, -0.2) is 5.78 Å². The van der Waals surface area contributed by atoms with E-state index >= 15 is 0 Å². The summed E-state index contributed by atoms with van der Waals surface area (Å²) in [6.45, 7) is 4.35. The van der Waals surface area contributed by atoms with E-state index < -0.39 is 5.82 Å². The van der Waals surface area contributed by atoms with Gasteiger partial charge < -0.3 is 10.1 Å². The molecule has 0 spiro atoms. The molecule has 2 aliphatic rings. The Morgan fingerprint density at radius 1 is 1.00 bits per heavy atom. The lowest BCUT2D eigenvalue weighted by Crippen LogP contribution is -2.33. The highest BCUT2D eigenvalue weighted by Gasteiger charge is 2.40. The van der Waals surface area contributed by atoms with Crippen molar-refractivity contribution >= 4 is 39.4 Å². The molecule has 37 heavy (non-hydrogen) atoms. The van der Waals surface area contributed by atoms with Crippen molar-refractivity contribution in [3.8, 4) is 5.75 Å². The third-order valence-electron chi connectivity index (χ3n) is 7.38. The molecule has 0 saturated carbocycles. The topological polar surface area (TPSA) is 38.3 Å². The molecule has 186 valence electrons. The van der Waals surface area contributed by atoms with Crippen molar-refractivity contribution in [2.45, 2.75) is 39.3 Å². The van der Waals surface area contributed by atoms with Gasteiger partial charge in [0.25, 0.3) is 0 Å². The van der Waals surface area contributed by atoms with Crippen molar-refractivity contribution in [3.05, 3.63) is 112 Å². The number of anilines is 1. The van der Waals surface area contributed by atoms with Crippen LogP contribution in [0, 0.1) is 11.2 Å². The largest absolute Gasteiger partial charge is 0.489 e. The highest BCUT2D eigenvalue weighted by molar-refractivity contribution is 6.31. The van der Waals surface area contributed by atoms with Crippen molar-refractivity contribution in [3.63, 3.8) is 0 Å². The zero-order valence-electron chi connectivity index (χ0n) is 20.8. The Balaban J connectivity index is 1.42. The van der Waals surface area contributed by atoms with Gasteiger partial charge in [-0.15, -0.1) is 0 Å².